The zero-order valence-corrected chi connectivity index (χ0v) is 10.7. The van der Waals surface area contributed by atoms with Crippen molar-refractivity contribution in [3.8, 4) is 0 Å². The van der Waals surface area contributed by atoms with Crippen molar-refractivity contribution in [3.05, 3.63) is 29.8 Å². The van der Waals surface area contributed by atoms with Crippen LogP contribution in [0.15, 0.2) is 24.3 Å². The minimum atomic E-state index is -0.462. The zero-order chi connectivity index (χ0) is 13.5. The average Bonchev–Trinajstić information content (AvgIpc) is 2.28. The van der Waals surface area contributed by atoms with Gasteiger partial charge in [-0.15, -0.1) is 0 Å². The number of benzene rings is 1. The highest BCUT2D eigenvalue weighted by Gasteiger charge is 2.04. The van der Waals surface area contributed by atoms with Gasteiger partial charge in [0.15, 0.2) is 0 Å². The molecule has 0 unspecified atom stereocenters. The highest BCUT2D eigenvalue weighted by atomic mass is 16.2. The number of hydrogen-bond donors (Lipinski definition) is 3. The fourth-order valence-electron chi connectivity index (χ4n) is 1.50. The lowest BCUT2D eigenvalue weighted by Crippen LogP contribution is -2.31. The van der Waals surface area contributed by atoms with Crippen LogP contribution >= 0.6 is 0 Å². The standard InChI is InChI=1S/C13H19N3O2/c1-9(2)16-12(17)6-7-15-11-5-3-4-10(8-11)13(14)18/h3-5,8-9,15H,6-7H2,1-2H3,(H2,14,18)(H,16,17). The number of amides is 2. The maximum absolute atomic E-state index is 11.4. The van der Waals surface area contributed by atoms with Crippen molar-refractivity contribution < 1.29 is 9.59 Å². The number of primary amides is 1. The molecule has 1 rings (SSSR count). The van der Waals surface area contributed by atoms with Crippen molar-refractivity contribution in [3.63, 3.8) is 0 Å². The Morgan fingerprint density at radius 1 is 1.33 bits per heavy atom. The third kappa shape index (κ3) is 4.86. The van der Waals surface area contributed by atoms with Crippen LogP contribution in [0.5, 0.6) is 0 Å². The molecule has 0 saturated carbocycles. The molecular weight excluding hydrogens is 230 g/mol. The van der Waals surface area contributed by atoms with Crippen LogP contribution < -0.4 is 16.4 Å². The van der Waals surface area contributed by atoms with Crippen LogP contribution in [0, 0.1) is 0 Å². The summed E-state index contributed by atoms with van der Waals surface area (Å²) in [6.45, 7) is 4.35. The first-order valence-corrected chi connectivity index (χ1v) is 5.92. The third-order valence-corrected chi connectivity index (χ3v) is 2.28. The molecule has 0 fully saturated rings. The molecule has 0 aromatic heterocycles. The van der Waals surface area contributed by atoms with Crippen LogP contribution in [0.3, 0.4) is 0 Å². The molecule has 0 saturated heterocycles. The van der Waals surface area contributed by atoms with Crippen LogP contribution in [0.2, 0.25) is 0 Å². The van der Waals surface area contributed by atoms with E-state index < -0.39 is 5.91 Å². The lowest BCUT2D eigenvalue weighted by Gasteiger charge is -2.10. The molecule has 0 bridgehead atoms. The molecular formula is C13H19N3O2. The number of nitrogens with two attached hydrogens (primary N) is 1. The normalized spacial score (nSPS) is 10.2. The first-order chi connectivity index (χ1) is 8.49. The highest BCUT2D eigenvalue weighted by molar-refractivity contribution is 5.93. The maximum Gasteiger partial charge on any atom is 0.248 e. The fourth-order valence-corrected chi connectivity index (χ4v) is 1.50. The van der Waals surface area contributed by atoms with Gasteiger partial charge < -0.3 is 16.4 Å². The molecule has 0 aliphatic carbocycles. The van der Waals surface area contributed by atoms with Gasteiger partial charge >= 0.3 is 0 Å². The summed E-state index contributed by atoms with van der Waals surface area (Å²) in [5.74, 6) is -0.459. The Balaban J connectivity index is 2.42. The summed E-state index contributed by atoms with van der Waals surface area (Å²) in [4.78, 5) is 22.4. The van der Waals surface area contributed by atoms with E-state index in [0.29, 0.717) is 18.5 Å². The SMILES string of the molecule is CC(C)NC(=O)CCNc1cccc(C(N)=O)c1. The van der Waals surface area contributed by atoms with Crippen molar-refractivity contribution in [2.75, 3.05) is 11.9 Å². The van der Waals surface area contributed by atoms with E-state index in [9.17, 15) is 9.59 Å². The smallest absolute Gasteiger partial charge is 0.248 e. The van der Waals surface area contributed by atoms with Crippen LogP contribution in [-0.4, -0.2) is 24.4 Å². The van der Waals surface area contributed by atoms with Gasteiger partial charge in [-0.2, -0.15) is 0 Å². The predicted octanol–water partition coefficient (Wildman–Crippen LogP) is 1.11. The van der Waals surface area contributed by atoms with E-state index in [-0.39, 0.29) is 11.9 Å². The van der Waals surface area contributed by atoms with Gasteiger partial charge in [0, 0.05) is 30.3 Å². The molecule has 4 N–H and O–H groups in total. The summed E-state index contributed by atoms with van der Waals surface area (Å²) in [6.07, 6.45) is 0.388. The van der Waals surface area contributed by atoms with Gasteiger partial charge in [-0.3, -0.25) is 9.59 Å². The van der Waals surface area contributed by atoms with Gasteiger partial charge in [0.05, 0.1) is 0 Å². The molecule has 5 heteroatoms. The first kappa shape index (κ1) is 14.0. The Labute approximate surface area is 107 Å². The minimum Gasteiger partial charge on any atom is -0.385 e. The highest BCUT2D eigenvalue weighted by Crippen LogP contribution is 2.09. The van der Waals surface area contributed by atoms with Gasteiger partial charge in [0.25, 0.3) is 0 Å². The molecule has 0 spiro atoms. The Morgan fingerprint density at radius 3 is 2.67 bits per heavy atom. The van der Waals surface area contributed by atoms with Crippen molar-refractivity contribution in [2.24, 2.45) is 5.73 Å². The van der Waals surface area contributed by atoms with Crippen molar-refractivity contribution in [1.82, 2.24) is 5.32 Å². The Bertz CT molecular complexity index is 430. The molecule has 0 atom stereocenters. The molecule has 18 heavy (non-hydrogen) atoms. The average molecular weight is 249 g/mol. The summed E-state index contributed by atoms with van der Waals surface area (Å²) < 4.78 is 0. The summed E-state index contributed by atoms with van der Waals surface area (Å²) in [6, 6.07) is 7.04. The molecule has 98 valence electrons. The van der Waals surface area contributed by atoms with E-state index in [1.807, 2.05) is 19.9 Å². The Morgan fingerprint density at radius 2 is 2.06 bits per heavy atom. The lowest BCUT2D eigenvalue weighted by atomic mass is 10.2. The monoisotopic (exact) mass is 249 g/mol. The quantitative estimate of drug-likeness (QED) is 0.706. The maximum atomic E-state index is 11.4. The minimum absolute atomic E-state index is 0.00329. The lowest BCUT2D eigenvalue weighted by molar-refractivity contribution is -0.121. The van der Waals surface area contributed by atoms with Crippen molar-refractivity contribution >= 4 is 17.5 Å². The molecule has 1 aromatic carbocycles. The second-order valence-electron chi connectivity index (χ2n) is 4.34. The van der Waals surface area contributed by atoms with Gasteiger partial charge in [0.2, 0.25) is 11.8 Å². The summed E-state index contributed by atoms with van der Waals surface area (Å²) in [7, 11) is 0. The summed E-state index contributed by atoms with van der Waals surface area (Å²) >= 11 is 0. The van der Waals surface area contributed by atoms with Gasteiger partial charge in [0.1, 0.15) is 0 Å². The number of rotatable bonds is 6. The van der Waals surface area contributed by atoms with Crippen LogP contribution in [0.1, 0.15) is 30.6 Å². The van der Waals surface area contributed by atoms with E-state index in [0.717, 1.165) is 5.69 Å². The van der Waals surface area contributed by atoms with Gasteiger partial charge in [-0.25, -0.2) is 0 Å². The molecule has 2 amide bonds. The predicted molar refractivity (Wildman–Crippen MR) is 71.3 cm³/mol. The molecule has 0 aliphatic heterocycles. The van der Waals surface area contributed by atoms with E-state index in [1.54, 1.807) is 18.2 Å². The second kappa shape index (κ2) is 6.64. The van der Waals surface area contributed by atoms with Crippen LogP contribution in [0.4, 0.5) is 5.69 Å². The number of anilines is 1. The van der Waals surface area contributed by atoms with E-state index in [1.165, 1.54) is 0 Å². The Kier molecular flexibility index (Phi) is 5.17. The molecule has 0 radical (unpaired) electrons. The van der Waals surface area contributed by atoms with Gasteiger partial charge in [-0.1, -0.05) is 6.07 Å². The fraction of sp³-hybridized carbons (Fsp3) is 0.385. The second-order valence-corrected chi connectivity index (χ2v) is 4.34. The number of hydrogen-bond acceptors (Lipinski definition) is 3. The largest absolute Gasteiger partial charge is 0.385 e. The van der Waals surface area contributed by atoms with Crippen LogP contribution in [0.25, 0.3) is 0 Å². The number of carbonyl (C=O) groups excluding carboxylic acids is 2. The van der Waals surface area contributed by atoms with Crippen molar-refractivity contribution in [1.29, 1.82) is 0 Å². The summed E-state index contributed by atoms with van der Waals surface area (Å²) in [5.41, 5.74) is 6.42. The molecule has 1 aromatic rings. The van der Waals surface area contributed by atoms with E-state index in [4.69, 9.17) is 5.73 Å². The Hall–Kier alpha value is -2.04. The summed E-state index contributed by atoms with van der Waals surface area (Å²) in [5, 5.41) is 5.88. The number of carbonyl (C=O) groups is 2. The molecule has 5 nitrogen and oxygen atoms in total. The van der Waals surface area contributed by atoms with Gasteiger partial charge in [-0.05, 0) is 32.0 Å². The zero-order valence-electron chi connectivity index (χ0n) is 10.7. The third-order valence-electron chi connectivity index (χ3n) is 2.28. The van der Waals surface area contributed by atoms with Crippen molar-refractivity contribution in [2.45, 2.75) is 26.3 Å². The van der Waals surface area contributed by atoms with Crippen LogP contribution in [-0.2, 0) is 4.79 Å². The molecule has 0 aliphatic rings. The topological polar surface area (TPSA) is 84.2 Å². The van der Waals surface area contributed by atoms with E-state index in [2.05, 4.69) is 10.6 Å². The molecule has 0 heterocycles. The first-order valence-electron chi connectivity index (χ1n) is 5.92. The number of nitrogens with one attached hydrogen (secondary N) is 2. The van der Waals surface area contributed by atoms with E-state index >= 15 is 0 Å².